The Morgan fingerprint density at radius 3 is 2.95 bits per heavy atom. The minimum absolute atomic E-state index is 0.429. The molecule has 1 saturated heterocycles. The molecule has 1 aromatic rings. The van der Waals surface area contributed by atoms with E-state index in [4.69, 9.17) is 9.84 Å². The van der Waals surface area contributed by atoms with E-state index >= 15 is 0 Å². The first-order chi connectivity index (χ1) is 10.2. The summed E-state index contributed by atoms with van der Waals surface area (Å²) < 4.78 is 8.04. The third-order valence-corrected chi connectivity index (χ3v) is 5.21. The predicted octanol–water partition coefficient (Wildman–Crippen LogP) is 1.74. The molecule has 1 aliphatic heterocycles. The summed E-state index contributed by atoms with van der Waals surface area (Å²) >= 11 is 0. The summed E-state index contributed by atoms with van der Waals surface area (Å²) in [6.45, 7) is 4.94. The van der Waals surface area contributed by atoms with E-state index in [0.717, 1.165) is 25.7 Å². The van der Waals surface area contributed by atoms with E-state index in [0.29, 0.717) is 12.1 Å². The molecule has 3 fully saturated rings. The second kappa shape index (κ2) is 5.29. The maximum Gasteiger partial charge on any atom is 0.131 e. The minimum Gasteiger partial charge on any atom is -0.374 e. The van der Waals surface area contributed by atoms with Gasteiger partial charge in [-0.05, 0) is 39.0 Å². The second-order valence-corrected chi connectivity index (χ2v) is 6.77. The van der Waals surface area contributed by atoms with Crippen molar-refractivity contribution in [3.05, 3.63) is 11.3 Å². The number of anilines is 1. The van der Waals surface area contributed by atoms with Gasteiger partial charge in [0.2, 0.25) is 0 Å². The molecule has 116 valence electrons. The summed E-state index contributed by atoms with van der Waals surface area (Å²) in [6, 6.07) is 1.29. The number of nitrogens with one attached hydrogen (secondary N) is 1. The van der Waals surface area contributed by atoms with Gasteiger partial charge in [0.1, 0.15) is 5.82 Å². The van der Waals surface area contributed by atoms with E-state index in [-0.39, 0.29) is 0 Å². The minimum atomic E-state index is 0.429. The van der Waals surface area contributed by atoms with Crippen molar-refractivity contribution in [2.24, 2.45) is 7.05 Å². The lowest BCUT2D eigenvalue weighted by Crippen LogP contribution is -2.49. The summed E-state index contributed by atoms with van der Waals surface area (Å²) in [5.41, 5.74) is 2.55. The molecule has 2 heterocycles. The quantitative estimate of drug-likeness (QED) is 0.917. The van der Waals surface area contributed by atoms with Crippen LogP contribution in [0.3, 0.4) is 0 Å². The highest BCUT2D eigenvalue weighted by atomic mass is 16.5. The Kier molecular flexibility index (Phi) is 3.42. The molecule has 4 rings (SSSR count). The fourth-order valence-electron chi connectivity index (χ4n) is 3.98. The molecule has 2 saturated carbocycles. The number of fused-ring (bicyclic) bond motifs is 1. The van der Waals surface area contributed by atoms with Crippen molar-refractivity contribution in [2.45, 2.75) is 63.8 Å². The zero-order valence-electron chi connectivity index (χ0n) is 13.1. The van der Waals surface area contributed by atoms with Crippen molar-refractivity contribution in [3.8, 4) is 0 Å². The molecule has 2 aliphatic carbocycles. The largest absolute Gasteiger partial charge is 0.374 e. The molecule has 1 aromatic heterocycles. The number of ether oxygens (including phenoxy) is 1. The number of hydrogen-bond donors (Lipinski definition) is 1. The Morgan fingerprint density at radius 1 is 1.29 bits per heavy atom. The van der Waals surface area contributed by atoms with Gasteiger partial charge < -0.3 is 15.0 Å². The van der Waals surface area contributed by atoms with Crippen molar-refractivity contribution < 1.29 is 4.74 Å². The zero-order chi connectivity index (χ0) is 14.4. The average Bonchev–Trinajstić information content (AvgIpc) is 3.08. The summed E-state index contributed by atoms with van der Waals surface area (Å²) in [4.78, 5) is 2.57. The van der Waals surface area contributed by atoms with Crippen molar-refractivity contribution >= 4 is 5.82 Å². The van der Waals surface area contributed by atoms with Crippen molar-refractivity contribution in [1.29, 1.82) is 0 Å². The molecule has 1 N–H and O–H groups in total. The lowest BCUT2D eigenvalue weighted by molar-refractivity contribution is 0.0250. The van der Waals surface area contributed by atoms with E-state index in [2.05, 4.69) is 28.9 Å². The van der Waals surface area contributed by atoms with Gasteiger partial charge in [-0.15, -0.1) is 0 Å². The topological polar surface area (TPSA) is 42.3 Å². The van der Waals surface area contributed by atoms with Crippen LogP contribution < -0.4 is 10.2 Å². The average molecular weight is 290 g/mol. The Bertz CT molecular complexity index is 523. The lowest BCUT2D eigenvalue weighted by Gasteiger charge is -2.39. The number of morpholine rings is 1. The molecular formula is C16H26N4O. The first-order valence-electron chi connectivity index (χ1n) is 8.38. The molecule has 2 atom stereocenters. The van der Waals surface area contributed by atoms with Crippen LogP contribution in [0.5, 0.6) is 0 Å². The van der Waals surface area contributed by atoms with Crippen LogP contribution in [0, 0.1) is 6.92 Å². The van der Waals surface area contributed by atoms with Crippen molar-refractivity contribution in [3.63, 3.8) is 0 Å². The first kappa shape index (κ1) is 13.6. The summed E-state index contributed by atoms with van der Waals surface area (Å²) in [7, 11) is 2.09. The lowest BCUT2D eigenvalue weighted by atomic mass is 10.1. The molecule has 5 heteroatoms. The summed E-state index contributed by atoms with van der Waals surface area (Å²) in [5.74, 6) is 1.32. The standard InChI is InChI=1S/C16H26N4O/c1-11-13(10-17-12-6-7-12)16(19(2)18-11)20-8-9-21-15-5-3-4-14(15)20/h12,14-15,17H,3-10H2,1-2H3. The molecule has 0 aromatic carbocycles. The number of hydrogen-bond acceptors (Lipinski definition) is 4. The highest BCUT2D eigenvalue weighted by molar-refractivity contribution is 5.52. The van der Waals surface area contributed by atoms with Crippen LogP contribution in [0.2, 0.25) is 0 Å². The van der Waals surface area contributed by atoms with Crippen LogP contribution in [-0.2, 0) is 18.3 Å². The Morgan fingerprint density at radius 2 is 2.14 bits per heavy atom. The van der Waals surface area contributed by atoms with E-state index < -0.39 is 0 Å². The second-order valence-electron chi connectivity index (χ2n) is 6.77. The molecular weight excluding hydrogens is 264 g/mol. The number of rotatable bonds is 4. The van der Waals surface area contributed by atoms with Gasteiger partial charge in [0.15, 0.2) is 0 Å². The first-order valence-corrected chi connectivity index (χ1v) is 8.38. The van der Waals surface area contributed by atoms with Crippen LogP contribution in [0.15, 0.2) is 0 Å². The van der Waals surface area contributed by atoms with Crippen LogP contribution in [0.25, 0.3) is 0 Å². The number of aromatic nitrogens is 2. The number of nitrogens with zero attached hydrogens (tertiary/aromatic N) is 3. The highest BCUT2D eigenvalue weighted by Gasteiger charge is 2.38. The van der Waals surface area contributed by atoms with Gasteiger partial charge in [-0.1, -0.05) is 0 Å². The monoisotopic (exact) mass is 290 g/mol. The molecule has 2 unspecified atom stereocenters. The van der Waals surface area contributed by atoms with E-state index in [9.17, 15) is 0 Å². The van der Waals surface area contributed by atoms with Gasteiger partial charge in [0.05, 0.1) is 24.4 Å². The maximum absolute atomic E-state index is 5.96. The third-order valence-electron chi connectivity index (χ3n) is 5.21. The molecule has 5 nitrogen and oxygen atoms in total. The van der Waals surface area contributed by atoms with Gasteiger partial charge in [0, 0.05) is 31.7 Å². The predicted molar refractivity (Wildman–Crippen MR) is 82.5 cm³/mol. The van der Waals surface area contributed by atoms with Crippen LogP contribution in [0.4, 0.5) is 5.82 Å². The summed E-state index contributed by atoms with van der Waals surface area (Å²) in [6.07, 6.45) is 6.85. The van der Waals surface area contributed by atoms with E-state index in [1.807, 2.05) is 0 Å². The Labute approximate surface area is 126 Å². The molecule has 21 heavy (non-hydrogen) atoms. The Balaban J connectivity index is 1.62. The van der Waals surface area contributed by atoms with Crippen molar-refractivity contribution in [1.82, 2.24) is 15.1 Å². The fraction of sp³-hybridized carbons (Fsp3) is 0.812. The smallest absolute Gasteiger partial charge is 0.131 e. The molecule has 3 aliphatic rings. The van der Waals surface area contributed by atoms with Gasteiger partial charge in [-0.2, -0.15) is 5.10 Å². The van der Waals surface area contributed by atoms with E-state index in [1.165, 1.54) is 49.2 Å². The molecule has 0 radical (unpaired) electrons. The third kappa shape index (κ3) is 2.46. The fourth-order valence-corrected chi connectivity index (χ4v) is 3.98. The molecule has 0 spiro atoms. The van der Waals surface area contributed by atoms with E-state index in [1.54, 1.807) is 0 Å². The van der Waals surface area contributed by atoms with Crippen LogP contribution >= 0.6 is 0 Å². The van der Waals surface area contributed by atoms with Gasteiger partial charge >= 0.3 is 0 Å². The Hall–Kier alpha value is -1.07. The maximum atomic E-state index is 5.96. The van der Waals surface area contributed by atoms with Crippen LogP contribution in [-0.4, -0.2) is 41.1 Å². The van der Waals surface area contributed by atoms with Crippen molar-refractivity contribution in [2.75, 3.05) is 18.1 Å². The van der Waals surface area contributed by atoms with Gasteiger partial charge in [-0.25, -0.2) is 0 Å². The number of aryl methyl sites for hydroxylation is 2. The SMILES string of the molecule is Cc1nn(C)c(N2CCOC3CCCC32)c1CNC1CC1. The van der Waals surface area contributed by atoms with Gasteiger partial charge in [0.25, 0.3) is 0 Å². The van der Waals surface area contributed by atoms with Gasteiger partial charge in [-0.3, -0.25) is 4.68 Å². The zero-order valence-corrected chi connectivity index (χ0v) is 13.1. The summed E-state index contributed by atoms with van der Waals surface area (Å²) in [5, 5.41) is 8.35. The molecule has 0 bridgehead atoms. The molecule has 0 amide bonds. The normalized spacial score (nSPS) is 29.0. The highest BCUT2D eigenvalue weighted by Crippen LogP contribution is 2.35. The van der Waals surface area contributed by atoms with Crippen LogP contribution in [0.1, 0.15) is 43.4 Å².